The molecule has 0 radical (unpaired) electrons. The minimum Gasteiger partial charge on any atom is -0.466 e. The first-order valence-electron chi connectivity index (χ1n) is 7.29. The highest BCUT2D eigenvalue weighted by Gasteiger charge is 2.34. The largest absolute Gasteiger partial charge is 0.466 e. The molecule has 0 aromatic heterocycles. The highest BCUT2D eigenvalue weighted by atomic mass is 16.5. The number of benzene rings is 1. The Morgan fingerprint density at radius 3 is 2.76 bits per heavy atom. The van der Waals surface area contributed by atoms with Crippen molar-refractivity contribution in [3.8, 4) is 0 Å². The van der Waals surface area contributed by atoms with Gasteiger partial charge >= 0.3 is 5.97 Å². The smallest absolute Gasteiger partial charge is 0.330 e. The van der Waals surface area contributed by atoms with E-state index in [1.807, 2.05) is 18.2 Å². The van der Waals surface area contributed by atoms with Gasteiger partial charge in [-0.1, -0.05) is 44.2 Å². The van der Waals surface area contributed by atoms with Gasteiger partial charge in [0.1, 0.15) is 6.23 Å². The number of esters is 1. The molecule has 0 bridgehead atoms. The number of rotatable bonds is 5. The molecule has 0 aliphatic carbocycles. The van der Waals surface area contributed by atoms with Crippen LogP contribution in [0.1, 0.15) is 19.4 Å². The maximum absolute atomic E-state index is 11.3. The second kappa shape index (κ2) is 7.38. The van der Waals surface area contributed by atoms with Crippen LogP contribution in [0, 0.1) is 5.92 Å². The van der Waals surface area contributed by atoms with E-state index in [4.69, 9.17) is 4.74 Å². The fourth-order valence-corrected chi connectivity index (χ4v) is 2.55. The molecule has 1 heterocycles. The molecular weight excluding hydrogens is 266 g/mol. The molecule has 0 amide bonds. The molecule has 4 heteroatoms. The Morgan fingerprint density at radius 1 is 1.43 bits per heavy atom. The molecule has 1 aromatic carbocycles. The molecule has 2 atom stereocenters. The lowest BCUT2D eigenvalue weighted by Gasteiger charge is -2.28. The zero-order valence-electron chi connectivity index (χ0n) is 12.9. The second-order valence-corrected chi connectivity index (χ2v) is 5.58. The van der Waals surface area contributed by atoms with E-state index in [1.165, 1.54) is 18.7 Å². The topological polar surface area (TPSA) is 38.8 Å². The summed E-state index contributed by atoms with van der Waals surface area (Å²) in [4.78, 5) is 13.6. The third-order valence-corrected chi connectivity index (χ3v) is 3.77. The number of hydrogen-bond donors (Lipinski definition) is 0. The average Bonchev–Trinajstić information content (AvgIpc) is 2.89. The second-order valence-electron chi connectivity index (χ2n) is 5.58. The van der Waals surface area contributed by atoms with Crippen molar-refractivity contribution in [1.29, 1.82) is 0 Å². The van der Waals surface area contributed by atoms with E-state index in [-0.39, 0.29) is 12.2 Å². The van der Waals surface area contributed by atoms with Gasteiger partial charge in [-0.25, -0.2) is 4.79 Å². The highest BCUT2D eigenvalue weighted by Crippen LogP contribution is 2.26. The Hall–Kier alpha value is -1.65. The van der Waals surface area contributed by atoms with Crippen LogP contribution in [-0.2, 0) is 20.8 Å². The van der Waals surface area contributed by atoms with Crippen molar-refractivity contribution >= 4 is 5.97 Å². The van der Waals surface area contributed by atoms with Crippen LogP contribution in [-0.4, -0.2) is 36.9 Å². The summed E-state index contributed by atoms with van der Waals surface area (Å²) in [6.07, 6.45) is 3.03. The van der Waals surface area contributed by atoms with Crippen LogP contribution in [0.2, 0.25) is 0 Å². The Bertz CT molecular complexity index is 484. The Labute approximate surface area is 126 Å². The lowest BCUT2D eigenvalue weighted by Crippen LogP contribution is -2.38. The monoisotopic (exact) mass is 289 g/mol. The fourth-order valence-electron chi connectivity index (χ4n) is 2.55. The maximum atomic E-state index is 11.3. The number of carbonyl (C=O) groups excluding carboxylic acids is 1. The zero-order valence-corrected chi connectivity index (χ0v) is 12.9. The molecular formula is C17H23NO3. The van der Waals surface area contributed by atoms with Gasteiger partial charge in [0.05, 0.1) is 13.7 Å². The molecule has 1 aliphatic heterocycles. The van der Waals surface area contributed by atoms with Crippen molar-refractivity contribution in [3.63, 3.8) is 0 Å². The van der Waals surface area contributed by atoms with Crippen LogP contribution in [0.4, 0.5) is 0 Å². The molecule has 1 fully saturated rings. The van der Waals surface area contributed by atoms with E-state index in [0.717, 1.165) is 6.54 Å². The standard InChI is InChI=1S/C17H23NO3/c1-13(2)15-12-21-16(9-10-17(19)20-3)18(15)11-14-7-5-4-6-8-14/h4-10,13,15-16H,11-12H2,1-3H3/b10-9+/t15-,16-/m1/s1. The third kappa shape index (κ3) is 4.16. The first kappa shape index (κ1) is 15.7. The zero-order chi connectivity index (χ0) is 15.2. The molecule has 2 rings (SSSR count). The van der Waals surface area contributed by atoms with Crippen molar-refractivity contribution in [2.45, 2.75) is 32.7 Å². The molecule has 21 heavy (non-hydrogen) atoms. The molecule has 114 valence electrons. The summed E-state index contributed by atoms with van der Waals surface area (Å²) in [5.41, 5.74) is 1.24. The normalized spacial score (nSPS) is 23.0. The van der Waals surface area contributed by atoms with Gasteiger partial charge in [0.25, 0.3) is 0 Å². The van der Waals surface area contributed by atoms with E-state index >= 15 is 0 Å². The minimum atomic E-state index is -0.355. The van der Waals surface area contributed by atoms with E-state index in [0.29, 0.717) is 18.6 Å². The molecule has 0 spiro atoms. The van der Waals surface area contributed by atoms with E-state index < -0.39 is 0 Å². The molecule has 1 aliphatic rings. The summed E-state index contributed by atoms with van der Waals surface area (Å²) in [5, 5.41) is 0. The third-order valence-electron chi connectivity index (χ3n) is 3.77. The lowest BCUT2D eigenvalue weighted by molar-refractivity contribution is -0.134. The van der Waals surface area contributed by atoms with E-state index in [2.05, 4.69) is 35.6 Å². The van der Waals surface area contributed by atoms with Crippen LogP contribution < -0.4 is 0 Å². The van der Waals surface area contributed by atoms with Crippen LogP contribution in [0.15, 0.2) is 42.5 Å². The maximum Gasteiger partial charge on any atom is 0.330 e. The number of hydrogen-bond acceptors (Lipinski definition) is 4. The van der Waals surface area contributed by atoms with Crippen LogP contribution in [0.25, 0.3) is 0 Å². The van der Waals surface area contributed by atoms with Gasteiger partial charge in [-0.15, -0.1) is 0 Å². The summed E-state index contributed by atoms with van der Waals surface area (Å²) < 4.78 is 10.5. The minimum absolute atomic E-state index is 0.184. The van der Waals surface area contributed by atoms with Crippen molar-refractivity contribution < 1.29 is 14.3 Å². The van der Waals surface area contributed by atoms with E-state index in [1.54, 1.807) is 6.08 Å². The number of nitrogens with zero attached hydrogens (tertiary/aromatic N) is 1. The Balaban J connectivity index is 2.12. The molecule has 0 saturated carbocycles. The van der Waals surface area contributed by atoms with Gasteiger partial charge in [0.15, 0.2) is 0 Å². The van der Waals surface area contributed by atoms with Crippen LogP contribution in [0.5, 0.6) is 0 Å². The summed E-state index contributed by atoms with van der Waals surface area (Å²) in [5.74, 6) is 0.136. The predicted octanol–water partition coefficient (Wildman–Crippen LogP) is 2.60. The molecule has 0 N–H and O–H groups in total. The molecule has 1 aromatic rings. The van der Waals surface area contributed by atoms with Gasteiger partial charge in [0, 0.05) is 18.7 Å². The fraction of sp³-hybridized carbons (Fsp3) is 0.471. The summed E-state index contributed by atoms with van der Waals surface area (Å²) in [7, 11) is 1.38. The SMILES string of the molecule is COC(=O)/C=C/[C@H]1OC[C@H](C(C)C)N1Cc1ccccc1. The number of methoxy groups -OCH3 is 1. The quantitative estimate of drug-likeness (QED) is 0.617. The molecule has 1 saturated heterocycles. The first-order valence-corrected chi connectivity index (χ1v) is 7.29. The Morgan fingerprint density at radius 2 is 2.14 bits per heavy atom. The van der Waals surface area contributed by atoms with Crippen molar-refractivity contribution in [3.05, 3.63) is 48.0 Å². The van der Waals surface area contributed by atoms with Crippen LogP contribution in [0.3, 0.4) is 0 Å². The first-order chi connectivity index (χ1) is 10.1. The van der Waals surface area contributed by atoms with Gasteiger partial charge in [0.2, 0.25) is 0 Å². The molecule has 4 nitrogen and oxygen atoms in total. The predicted molar refractivity (Wildman–Crippen MR) is 81.5 cm³/mol. The van der Waals surface area contributed by atoms with Crippen molar-refractivity contribution in [2.24, 2.45) is 5.92 Å². The lowest BCUT2D eigenvalue weighted by atomic mass is 10.0. The summed E-state index contributed by atoms with van der Waals surface area (Å²) in [6, 6.07) is 10.6. The summed E-state index contributed by atoms with van der Waals surface area (Å²) in [6.45, 7) is 5.87. The summed E-state index contributed by atoms with van der Waals surface area (Å²) >= 11 is 0. The number of ether oxygens (including phenoxy) is 2. The average molecular weight is 289 g/mol. The van der Waals surface area contributed by atoms with E-state index in [9.17, 15) is 4.79 Å². The van der Waals surface area contributed by atoms with Gasteiger partial charge in [-0.2, -0.15) is 0 Å². The van der Waals surface area contributed by atoms with Gasteiger partial charge in [-0.3, -0.25) is 4.90 Å². The van der Waals surface area contributed by atoms with Gasteiger partial charge < -0.3 is 9.47 Å². The number of carbonyl (C=O) groups is 1. The van der Waals surface area contributed by atoms with Crippen molar-refractivity contribution in [1.82, 2.24) is 4.90 Å². The van der Waals surface area contributed by atoms with Crippen LogP contribution >= 0.6 is 0 Å². The highest BCUT2D eigenvalue weighted by molar-refractivity contribution is 5.81. The Kier molecular flexibility index (Phi) is 5.53. The van der Waals surface area contributed by atoms with Crippen molar-refractivity contribution in [2.75, 3.05) is 13.7 Å². The molecule has 0 unspecified atom stereocenters. The van der Waals surface area contributed by atoms with Gasteiger partial charge in [-0.05, 0) is 17.6 Å².